The van der Waals surface area contributed by atoms with Gasteiger partial charge in [0.15, 0.2) is 0 Å². The molecule has 0 bridgehead atoms. The van der Waals surface area contributed by atoms with Crippen LogP contribution in [0.4, 0.5) is 0 Å². The molecule has 1 N–H and O–H groups in total. The molecule has 3 nitrogen and oxygen atoms in total. The zero-order valence-corrected chi connectivity index (χ0v) is 14.2. The molecule has 0 aromatic carbocycles. The van der Waals surface area contributed by atoms with Crippen LogP contribution in [0.2, 0.25) is 0 Å². The fourth-order valence-corrected chi connectivity index (χ4v) is 4.50. The lowest BCUT2D eigenvalue weighted by Gasteiger charge is -2.35. The number of carbonyl (C=O) groups excluding carboxylic acids is 1. The van der Waals surface area contributed by atoms with Crippen molar-refractivity contribution in [2.45, 2.75) is 71.6 Å². The molecule has 2 fully saturated rings. The van der Waals surface area contributed by atoms with Gasteiger partial charge in [-0.05, 0) is 43.3 Å². The number of rotatable bonds is 5. The van der Waals surface area contributed by atoms with Gasteiger partial charge in [-0.2, -0.15) is 11.8 Å². The van der Waals surface area contributed by atoms with Crippen molar-refractivity contribution >= 4 is 17.7 Å². The quantitative estimate of drug-likeness (QED) is 0.846. The van der Waals surface area contributed by atoms with Crippen LogP contribution in [0.1, 0.15) is 53.4 Å². The third-order valence-corrected chi connectivity index (χ3v) is 5.41. The fraction of sp³-hybridized carbons (Fsp3) is 0.938. The highest BCUT2D eigenvalue weighted by Gasteiger charge is 2.42. The molecule has 2 saturated heterocycles. The van der Waals surface area contributed by atoms with Gasteiger partial charge >= 0.3 is 0 Å². The van der Waals surface area contributed by atoms with Crippen molar-refractivity contribution in [3.63, 3.8) is 0 Å². The van der Waals surface area contributed by atoms with Gasteiger partial charge in [0, 0.05) is 11.8 Å². The van der Waals surface area contributed by atoms with Gasteiger partial charge in [-0.1, -0.05) is 27.7 Å². The van der Waals surface area contributed by atoms with Gasteiger partial charge in [0.2, 0.25) is 5.91 Å². The molecule has 2 aliphatic rings. The molecular formula is C16H30N2OS. The molecule has 0 aliphatic carbocycles. The van der Waals surface area contributed by atoms with E-state index in [1.807, 2.05) is 11.8 Å². The first kappa shape index (κ1) is 16.2. The number of hydrogen-bond donors (Lipinski definition) is 1. The predicted octanol–water partition coefficient (Wildman–Crippen LogP) is 3.10. The SMILES string of the molecule is CC(C)CC1NC(CC(C)C)N(C2CCCSC2)C1=O. The van der Waals surface area contributed by atoms with Crippen LogP contribution in [0, 0.1) is 11.8 Å². The summed E-state index contributed by atoms with van der Waals surface area (Å²) < 4.78 is 0. The van der Waals surface area contributed by atoms with Gasteiger partial charge in [-0.25, -0.2) is 0 Å². The summed E-state index contributed by atoms with van der Waals surface area (Å²) in [5, 5.41) is 3.62. The smallest absolute Gasteiger partial charge is 0.241 e. The summed E-state index contributed by atoms with van der Waals surface area (Å²) in [7, 11) is 0. The molecule has 1 amide bonds. The molecule has 0 radical (unpaired) electrons. The Morgan fingerprint density at radius 2 is 1.95 bits per heavy atom. The van der Waals surface area contributed by atoms with Gasteiger partial charge in [0.05, 0.1) is 12.2 Å². The summed E-state index contributed by atoms with van der Waals surface area (Å²) in [6.07, 6.45) is 4.73. The molecule has 4 heteroatoms. The van der Waals surface area contributed by atoms with Crippen molar-refractivity contribution in [3.8, 4) is 0 Å². The van der Waals surface area contributed by atoms with E-state index in [0.29, 0.717) is 23.8 Å². The summed E-state index contributed by atoms with van der Waals surface area (Å²) in [6, 6.07) is 0.500. The van der Waals surface area contributed by atoms with E-state index in [4.69, 9.17) is 0 Å². The number of thioether (sulfide) groups is 1. The molecule has 0 saturated carbocycles. The summed E-state index contributed by atoms with van der Waals surface area (Å²) >= 11 is 2.01. The van der Waals surface area contributed by atoms with E-state index in [1.54, 1.807) is 0 Å². The zero-order valence-electron chi connectivity index (χ0n) is 13.4. The lowest BCUT2D eigenvalue weighted by Crippen LogP contribution is -2.47. The molecule has 0 spiro atoms. The molecule has 2 heterocycles. The summed E-state index contributed by atoms with van der Waals surface area (Å²) in [4.78, 5) is 15.0. The summed E-state index contributed by atoms with van der Waals surface area (Å²) in [6.45, 7) is 8.89. The van der Waals surface area contributed by atoms with Crippen LogP contribution in [0.5, 0.6) is 0 Å². The first-order valence-electron chi connectivity index (χ1n) is 8.15. The average Bonchev–Trinajstić information content (AvgIpc) is 2.65. The average molecular weight is 298 g/mol. The standard InChI is InChI=1S/C16H30N2OS/c1-11(2)8-14-16(19)18(13-6-5-7-20-10-13)15(17-14)9-12(3)4/h11-15,17H,5-10H2,1-4H3. The fourth-order valence-electron chi connectivity index (χ4n) is 3.36. The Kier molecular flexibility index (Phi) is 5.79. The molecule has 2 aliphatic heterocycles. The molecule has 0 aromatic rings. The zero-order chi connectivity index (χ0) is 14.7. The Morgan fingerprint density at radius 1 is 1.25 bits per heavy atom. The molecule has 20 heavy (non-hydrogen) atoms. The van der Waals surface area contributed by atoms with Gasteiger partial charge in [-0.15, -0.1) is 0 Å². The van der Waals surface area contributed by atoms with E-state index >= 15 is 0 Å². The lowest BCUT2D eigenvalue weighted by atomic mass is 10.0. The monoisotopic (exact) mass is 298 g/mol. The Balaban J connectivity index is 2.08. The number of amides is 1. The second-order valence-corrected chi connectivity index (χ2v) is 8.26. The van der Waals surface area contributed by atoms with Crippen LogP contribution in [0.3, 0.4) is 0 Å². The van der Waals surface area contributed by atoms with E-state index in [9.17, 15) is 4.79 Å². The van der Waals surface area contributed by atoms with Crippen LogP contribution >= 0.6 is 11.8 Å². The highest BCUT2D eigenvalue weighted by Crippen LogP contribution is 2.29. The highest BCUT2D eigenvalue weighted by molar-refractivity contribution is 7.99. The highest BCUT2D eigenvalue weighted by atomic mass is 32.2. The first-order chi connectivity index (χ1) is 9.49. The Bertz CT molecular complexity index is 326. The first-order valence-corrected chi connectivity index (χ1v) is 9.30. The maximum Gasteiger partial charge on any atom is 0.241 e. The Hall–Kier alpha value is -0.220. The van der Waals surface area contributed by atoms with Crippen molar-refractivity contribution in [1.82, 2.24) is 10.2 Å². The van der Waals surface area contributed by atoms with Crippen molar-refractivity contribution < 1.29 is 4.79 Å². The number of nitrogens with zero attached hydrogens (tertiary/aromatic N) is 1. The molecule has 3 atom stereocenters. The second kappa shape index (κ2) is 7.17. The molecular weight excluding hydrogens is 268 g/mol. The third kappa shape index (κ3) is 3.91. The third-order valence-electron chi connectivity index (χ3n) is 4.21. The molecule has 2 rings (SSSR count). The van der Waals surface area contributed by atoms with Crippen LogP contribution in [-0.4, -0.2) is 40.6 Å². The predicted molar refractivity (Wildman–Crippen MR) is 86.8 cm³/mol. The minimum Gasteiger partial charge on any atom is -0.322 e. The van der Waals surface area contributed by atoms with Crippen LogP contribution < -0.4 is 5.32 Å². The van der Waals surface area contributed by atoms with E-state index < -0.39 is 0 Å². The Labute approximate surface area is 128 Å². The number of carbonyl (C=O) groups is 1. The topological polar surface area (TPSA) is 32.3 Å². The molecule has 116 valence electrons. The summed E-state index contributed by atoms with van der Waals surface area (Å²) in [5.74, 6) is 3.93. The van der Waals surface area contributed by atoms with E-state index in [1.165, 1.54) is 18.6 Å². The van der Waals surface area contributed by atoms with Crippen molar-refractivity contribution in [1.29, 1.82) is 0 Å². The van der Waals surface area contributed by atoms with Crippen molar-refractivity contribution in [2.75, 3.05) is 11.5 Å². The molecule has 0 aromatic heterocycles. The van der Waals surface area contributed by atoms with Crippen LogP contribution in [0.15, 0.2) is 0 Å². The summed E-state index contributed by atoms with van der Waals surface area (Å²) in [5.41, 5.74) is 0. The maximum absolute atomic E-state index is 12.8. The maximum atomic E-state index is 12.8. The van der Waals surface area contributed by atoms with Crippen LogP contribution in [0.25, 0.3) is 0 Å². The van der Waals surface area contributed by atoms with Gasteiger partial charge in [-0.3, -0.25) is 10.1 Å². The van der Waals surface area contributed by atoms with Crippen molar-refractivity contribution in [3.05, 3.63) is 0 Å². The minimum atomic E-state index is 0.0469. The number of nitrogens with one attached hydrogen (secondary N) is 1. The number of hydrogen-bond acceptors (Lipinski definition) is 3. The van der Waals surface area contributed by atoms with Gasteiger partial charge in [0.25, 0.3) is 0 Å². The van der Waals surface area contributed by atoms with Crippen LogP contribution in [-0.2, 0) is 4.79 Å². The molecule has 3 unspecified atom stereocenters. The lowest BCUT2D eigenvalue weighted by molar-refractivity contribution is -0.132. The van der Waals surface area contributed by atoms with Crippen molar-refractivity contribution in [2.24, 2.45) is 11.8 Å². The minimum absolute atomic E-state index is 0.0469. The largest absolute Gasteiger partial charge is 0.322 e. The Morgan fingerprint density at radius 3 is 2.50 bits per heavy atom. The van der Waals surface area contributed by atoms with Gasteiger partial charge < -0.3 is 4.90 Å². The second-order valence-electron chi connectivity index (χ2n) is 7.11. The normalized spacial score (nSPS) is 31.6. The van der Waals surface area contributed by atoms with E-state index in [2.05, 4.69) is 37.9 Å². The van der Waals surface area contributed by atoms with E-state index in [-0.39, 0.29) is 12.2 Å². The van der Waals surface area contributed by atoms with Gasteiger partial charge in [0.1, 0.15) is 0 Å². The van der Waals surface area contributed by atoms with E-state index in [0.717, 1.165) is 18.6 Å².